The number of nitrogens with zero attached hydrogens (tertiary/aromatic N) is 3. The first kappa shape index (κ1) is 38.9. The van der Waals surface area contributed by atoms with Gasteiger partial charge in [0.25, 0.3) is 0 Å². The van der Waals surface area contributed by atoms with Crippen LogP contribution in [-0.2, 0) is 0 Å². The highest BCUT2D eigenvalue weighted by Gasteiger charge is 2.21. The third-order valence-electron chi connectivity index (χ3n) is 14.0. The molecule has 0 unspecified atom stereocenters. The van der Waals surface area contributed by atoms with Crippen LogP contribution in [0, 0.1) is 0 Å². The van der Waals surface area contributed by atoms with E-state index in [0.717, 1.165) is 94.3 Å². The molecule has 0 radical (unpaired) electrons. The van der Waals surface area contributed by atoms with Gasteiger partial charge >= 0.3 is 0 Å². The van der Waals surface area contributed by atoms with Crippen LogP contribution in [0.1, 0.15) is 0 Å². The van der Waals surface area contributed by atoms with Crippen LogP contribution in [0.15, 0.2) is 233 Å². The average Bonchev–Trinajstić information content (AvgIpc) is 4.19. The Bertz CT molecular complexity index is 4600. The summed E-state index contributed by atoms with van der Waals surface area (Å²) < 4.78 is 18.0. The summed E-state index contributed by atoms with van der Waals surface area (Å²) in [4.78, 5) is 10.6. The SMILES string of the molecule is c1ccc(-c2cc(-c3ccc4c(c3)oc3ccccc34)nc(-c3cccc4oc5ccc(-c6ccc7c(c6)c6ccc(-c8cccc9c8sc8ccccc89)cc6n7-c6ccccc6)cc5c34)n2)cc1. The van der Waals surface area contributed by atoms with E-state index in [1.807, 2.05) is 59.9 Å². The van der Waals surface area contributed by atoms with E-state index < -0.39 is 0 Å². The van der Waals surface area contributed by atoms with Gasteiger partial charge in [-0.1, -0.05) is 146 Å². The van der Waals surface area contributed by atoms with E-state index in [0.29, 0.717) is 5.82 Å². The maximum absolute atomic E-state index is 6.61. The van der Waals surface area contributed by atoms with Crippen LogP contribution in [0.25, 0.3) is 148 Å². The van der Waals surface area contributed by atoms with Crippen LogP contribution in [-0.4, -0.2) is 14.5 Å². The molecule has 0 fully saturated rings. The zero-order valence-corrected chi connectivity index (χ0v) is 38.2. The number of benzene rings is 10. The van der Waals surface area contributed by atoms with Crippen molar-refractivity contribution in [2.45, 2.75) is 0 Å². The second kappa shape index (κ2) is 15.2. The molecule has 5 heterocycles. The summed E-state index contributed by atoms with van der Waals surface area (Å²) in [5.41, 5.74) is 15.9. The maximum atomic E-state index is 6.61. The molecule has 0 saturated heterocycles. The summed E-state index contributed by atoms with van der Waals surface area (Å²) >= 11 is 1.87. The first-order valence-corrected chi connectivity index (χ1v) is 24.4. The summed E-state index contributed by atoms with van der Waals surface area (Å²) in [6, 6.07) is 79.7. The third kappa shape index (κ3) is 6.03. The first-order valence-electron chi connectivity index (χ1n) is 23.5. The van der Waals surface area contributed by atoms with E-state index in [1.54, 1.807) is 0 Å². The fraction of sp³-hybridized carbons (Fsp3) is 0. The molecule has 0 amide bonds. The lowest BCUT2D eigenvalue weighted by Gasteiger charge is -2.10. The number of aromatic nitrogens is 3. The van der Waals surface area contributed by atoms with E-state index in [4.69, 9.17) is 18.8 Å². The van der Waals surface area contributed by atoms with Crippen LogP contribution in [0.4, 0.5) is 0 Å². The van der Waals surface area contributed by atoms with Crippen molar-refractivity contribution in [2.75, 3.05) is 0 Å². The van der Waals surface area contributed by atoms with Gasteiger partial charge < -0.3 is 13.4 Å². The lowest BCUT2D eigenvalue weighted by molar-refractivity contribution is 0.668. The molecule has 0 aliphatic rings. The number of thiophene rings is 1. The predicted octanol–water partition coefficient (Wildman–Crippen LogP) is 18.1. The van der Waals surface area contributed by atoms with Gasteiger partial charge in [0.2, 0.25) is 0 Å². The van der Waals surface area contributed by atoms with Crippen molar-refractivity contribution in [1.29, 1.82) is 0 Å². The average molecular weight is 912 g/mol. The van der Waals surface area contributed by atoms with Crippen molar-refractivity contribution in [1.82, 2.24) is 14.5 Å². The van der Waals surface area contributed by atoms with Gasteiger partial charge in [0.05, 0.1) is 22.4 Å². The molecule has 0 aliphatic carbocycles. The van der Waals surface area contributed by atoms with Crippen LogP contribution < -0.4 is 0 Å². The Morgan fingerprint density at radius 3 is 1.86 bits per heavy atom. The summed E-state index contributed by atoms with van der Waals surface area (Å²) in [6.45, 7) is 0. The molecule has 5 aromatic heterocycles. The number of furan rings is 2. The summed E-state index contributed by atoms with van der Waals surface area (Å²) in [6.07, 6.45) is 0. The standard InChI is InChI=1S/C64H37N3O2S/c1-3-13-38(14-4-1)53-37-54(42-26-30-47-46-17-7-9-22-57(46)69-60(47)36-42)66-64(65-53)50-21-12-23-59-62(50)52-34-40(28-32-58(52)68-59)39-27-31-55-51(33-39)45-29-25-41(35-56(45)67(55)43-15-5-2-6-16-43)44-19-11-20-49-48-18-8-10-24-61(48)70-63(44)49/h1-37H. The Hall–Kier alpha value is -9.10. The molecular formula is C64H37N3O2S. The molecule has 0 aliphatic heterocycles. The highest BCUT2D eigenvalue weighted by atomic mass is 32.1. The fourth-order valence-electron chi connectivity index (χ4n) is 10.7. The Balaban J connectivity index is 0.885. The fourth-order valence-corrected chi connectivity index (χ4v) is 12.0. The highest BCUT2D eigenvalue weighted by molar-refractivity contribution is 7.26. The van der Waals surface area contributed by atoms with Crippen molar-refractivity contribution < 1.29 is 8.83 Å². The van der Waals surface area contributed by atoms with E-state index in [2.05, 4.69) is 180 Å². The number of hydrogen-bond acceptors (Lipinski definition) is 5. The van der Waals surface area contributed by atoms with Gasteiger partial charge in [-0.2, -0.15) is 0 Å². The van der Waals surface area contributed by atoms with Gasteiger partial charge in [-0.25, -0.2) is 9.97 Å². The van der Waals surface area contributed by atoms with E-state index in [-0.39, 0.29) is 0 Å². The van der Waals surface area contributed by atoms with Gasteiger partial charge in [-0.05, 0) is 101 Å². The zero-order chi connectivity index (χ0) is 45.9. The van der Waals surface area contributed by atoms with E-state index >= 15 is 0 Å². The Morgan fingerprint density at radius 2 is 0.971 bits per heavy atom. The largest absolute Gasteiger partial charge is 0.456 e. The molecule has 70 heavy (non-hydrogen) atoms. The number of hydrogen-bond donors (Lipinski definition) is 0. The minimum absolute atomic E-state index is 0.623. The molecule has 326 valence electrons. The number of fused-ring (bicyclic) bond motifs is 12. The molecule has 6 heteroatoms. The molecule has 15 aromatic rings. The Labute approximate surface area is 404 Å². The Morgan fingerprint density at radius 1 is 0.343 bits per heavy atom. The topological polar surface area (TPSA) is 57.0 Å². The van der Waals surface area contributed by atoms with Crippen LogP contribution in [0.2, 0.25) is 0 Å². The molecule has 0 spiro atoms. The van der Waals surface area contributed by atoms with E-state index in [1.165, 1.54) is 47.6 Å². The third-order valence-corrected chi connectivity index (χ3v) is 15.3. The van der Waals surface area contributed by atoms with Crippen molar-refractivity contribution in [3.05, 3.63) is 224 Å². The summed E-state index contributed by atoms with van der Waals surface area (Å²) in [5.74, 6) is 0.623. The lowest BCUT2D eigenvalue weighted by Crippen LogP contribution is -1.96. The normalized spacial score (nSPS) is 12.0. The minimum atomic E-state index is 0.623. The molecule has 15 rings (SSSR count). The zero-order valence-electron chi connectivity index (χ0n) is 37.4. The molecule has 0 atom stereocenters. The molecule has 0 saturated carbocycles. The number of rotatable bonds is 6. The van der Waals surface area contributed by atoms with Gasteiger partial charge in [-0.3, -0.25) is 0 Å². The smallest absolute Gasteiger partial charge is 0.161 e. The van der Waals surface area contributed by atoms with Crippen molar-refractivity contribution in [3.63, 3.8) is 0 Å². The van der Waals surface area contributed by atoms with Crippen molar-refractivity contribution >= 4 is 97.2 Å². The predicted molar refractivity (Wildman–Crippen MR) is 291 cm³/mol. The van der Waals surface area contributed by atoms with Crippen molar-refractivity contribution in [3.8, 4) is 61.8 Å². The summed E-state index contributed by atoms with van der Waals surface area (Å²) in [7, 11) is 0. The Kier molecular flexibility index (Phi) is 8.46. The quantitative estimate of drug-likeness (QED) is 0.167. The molecule has 0 N–H and O–H groups in total. The van der Waals surface area contributed by atoms with E-state index in [9.17, 15) is 0 Å². The first-order chi connectivity index (χ1) is 34.7. The van der Waals surface area contributed by atoms with Crippen LogP contribution in [0.3, 0.4) is 0 Å². The summed E-state index contributed by atoms with van der Waals surface area (Å²) in [5, 5.41) is 9.17. The van der Waals surface area contributed by atoms with Gasteiger partial charge in [0, 0.05) is 74.9 Å². The highest BCUT2D eigenvalue weighted by Crippen LogP contribution is 2.44. The molecule has 5 nitrogen and oxygen atoms in total. The monoisotopic (exact) mass is 911 g/mol. The minimum Gasteiger partial charge on any atom is -0.456 e. The molecule has 0 bridgehead atoms. The van der Waals surface area contributed by atoms with Gasteiger partial charge in [0.15, 0.2) is 5.82 Å². The maximum Gasteiger partial charge on any atom is 0.161 e. The molecular weight excluding hydrogens is 875 g/mol. The van der Waals surface area contributed by atoms with Crippen LogP contribution in [0.5, 0.6) is 0 Å². The second-order valence-electron chi connectivity index (χ2n) is 18.0. The molecule has 10 aromatic carbocycles. The van der Waals surface area contributed by atoms with Gasteiger partial charge in [-0.15, -0.1) is 11.3 Å². The van der Waals surface area contributed by atoms with Crippen LogP contribution >= 0.6 is 11.3 Å². The van der Waals surface area contributed by atoms with Crippen molar-refractivity contribution in [2.24, 2.45) is 0 Å². The number of para-hydroxylation sites is 2. The van der Waals surface area contributed by atoms with Gasteiger partial charge in [0.1, 0.15) is 22.3 Å². The lowest BCUT2D eigenvalue weighted by atomic mass is 9.98. The second-order valence-corrected chi connectivity index (χ2v) is 19.1.